The van der Waals surface area contributed by atoms with Gasteiger partial charge in [0, 0.05) is 56.4 Å². The minimum atomic E-state index is -0.359. The van der Waals surface area contributed by atoms with Gasteiger partial charge in [0.2, 0.25) is 11.5 Å². The SMILES string of the molecule is CCN1CCN(C(=O)c2ccc(=O)[nH]c2)C[C@H](Cc2ccccc2-c2cccnc2)C1=O. The number of carbonyl (C=O) groups excluding carboxylic acids is 2. The van der Waals surface area contributed by atoms with Gasteiger partial charge in [-0.1, -0.05) is 30.3 Å². The van der Waals surface area contributed by atoms with Crippen molar-refractivity contribution in [3.05, 3.63) is 88.6 Å². The van der Waals surface area contributed by atoms with Crippen LogP contribution in [0.15, 0.2) is 71.9 Å². The number of carbonyl (C=O) groups is 2. The molecular weight excluding hydrogens is 404 g/mol. The molecule has 0 bridgehead atoms. The van der Waals surface area contributed by atoms with Gasteiger partial charge < -0.3 is 14.8 Å². The standard InChI is InChI=1S/C25H26N4O3/c1-2-28-12-13-29(24(31)20-9-10-23(30)27-16-20)17-21(25(28)32)14-18-6-3-4-8-22(18)19-7-5-11-26-15-19/h3-11,15-16,21H,2,12-14,17H2,1H3,(H,27,30)/t21-/m0/s1. The van der Waals surface area contributed by atoms with Gasteiger partial charge in [0.05, 0.1) is 11.5 Å². The molecule has 2 aromatic heterocycles. The molecule has 0 unspecified atom stereocenters. The molecule has 0 saturated carbocycles. The lowest BCUT2D eigenvalue weighted by molar-refractivity contribution is -0.134. The highest BCUT2D eigenvalue weighted by Crippen LogP contribution is 2.27. The van der Waals surface area contributed by atoms with Crippen molar-refractivity contribution in [1.29, 1.82) is 0 Å². The van der Waals surface area contributed by atoms with Crippen LogP contribution in [0, 0.1) is 5.92 Å². The predicted octanol–water partition coefficient (Wildman–Crippen LogP) is 2.60. The Balaban J connectivity index is 1.63. The van der Waals surface area contributed by atoms with E-state index in [9.17, 15) is 14.4 Å². The van der Waals surface area contributed by atoms with E-state index in [4.69, 9.17) is 0 Å². The Labute approximate surface area is 186 Å². The number of nitrogens with zero attached hydrogens (tertiary/aromatic N) is 3. The molecule has 3 aromatic rings. The summed E-state index contributed by atoms with van der Waals surface area (Å²) in [5.41, 5.74) is 3.25. The highest BCUT2D eigenvalue weighted by Gasteiger charge is 2.32. The monoisotopic (exact) mass is 430 g/mol. The van der Waals surface area contributed by atoms with Crippen molar-refractivity contribution in [2.75, 3.05) is 26.2 Å². The molecule has 1 atom stereocenters. The normalized spacial score (nSPS) is 16.7. The third-order valence-electron chi connectivity index (χ3n) is 5.90. The van der Waals surface area contributed by atoms with Crippen molar-refractivity contribution in [2.45, 2.75) is 13.3 Å². The highest BCUT2D eigenvalue weighted by molar-refractivity contribution is 5.94. The number of rotatable bonds is 5. The molecule has 1 fully saturated rings. The van der Waals surface area contributed by atoms with Gasteiger partial charge in [0.1, 0.15) is 0 Å². The molecular formula is C25H26N4O3. The molecule has 1 aliphatic heterocycles. The number of aromatic nitrogens is 2. The molecule has 164 valence electrons. The maximum atomic E-state index is 13.3. The number of aromatic amines is 1. The van der Waals surface area contributed by atoms with Gasteiger partial charge >= 0.3 is 0 Å². The average Bonchev–Trinajstić information content (AvgIpc) is 2.98. The number of hydrogen-bond donors (Lipinski definition) is 1. The van der Waals surface area contributed by atoms with Crippen LogP contribution in [0.25, 0.3) is 11.1 Å². The van der Waals surface area contributed by atoms with Crippen molar-refractivity contribution in [3.63, 3.8) is 0 Å². The first kappa shape index (κ1) is 21.5. The molecule has 1 aromatic carbocycles. The van der Waals surface area contributed by atoms with E-state index in [2.05, 4.69) is 9.97 Å². The number of pyridine rings is 2. The third-order valence-corrected chi connectivity index (χ3v) is 5.90. The quantitative estimate of drug-likeness (QED) is 0.674. The molecule has 4 rings (SSSR count). The van der Waals surface area contributed by atoms with Crippen molar-refractivity contribution in [2.24, 2.45) is 5.92 Å². The topological polar surface area (TPSA) is 86.4 Å². The number of nitrogens with one attached hydrogen (secondary N) is 1. The summed E-state index contributed by atoms with van der Waals surface area (Å²) in [7, 11) is 0. The Kier molecular flexibility index (Phi) is 6.44. The lowest BCUT2D eigenvalue weighted by Crippen LogP contribution is -2.38. The van der Waals surface area contributed by atoms with Crippen LogP contribution in [0.5, 0.6) is 0 Å². The van der Waals surface area contributed by atoms with Crippen molar-refractivity contribution in [3.8, 4) is 11.1 Å². The van der Waals surface area contributed by atoms with Crippen LogP contribution >= 0.6 is 0 Å². The fourth-order valence-corrected chi connectivity index (χ4v) is 4.19. The summed E-state index contributed by atoms with van der Waals surface area (Å²) >= 11 is 0. The summed E-state index contributed by atoms with van der Waals surface area (Å²) in [4.78, 5) is 48.1. The Morgan fingerprint density at radius 1 is 1.09 bits per heavy atom. The molecule has 32 heavy (non-hydrogen) atoms. The maximum Gasteiger partial charge on any atom is 0.255 e. The highest BCUT2D eigenvalue weighted by atomic mass is 16.2. The summed E-state index contributed by atoms with van der Waals surface area (Å²) in [6.45, 7) is 3.83. The second kappa shape index (κ2) is 9.60. The van der Waals surface area contributed by atoms with Crippen LogP contribution < -0.4 is 5.56 Å². The van der Waals surface area contributed by atoms with Crippen LogP contribution in [0.2, 0.25) is 0 Å². The minimum Gasteiger partial charge on any atom is -0.341 e. The number of benzene rings is 1. The van der Waals surface area contributed by atoms with E-state index in [1.807, 2.05) is 54.4 Å². The van der Waals surface area contributed by atoms with Gasteiger partial charge in [-0.15, -0.1) is 0 Å². The number of likely N-dealkylation sites (N-methyl/N-ethyl adjacent to an activating group) is 1. The lowest BCUT2D eigenvalue weighted by Gasteiger charge is -2.24. The number of hydrogen-bond acceptors (Lipinski definition) is 4. The van der Waals surface area contributed by atoms with E-state index in [0.29, 0.717) is 38.2 Å². The maximum absolute atomic E-state index is 13.3. The van der Waals surface area contributed by atoms with Crippen molar-refractivity contribution < 1.29 is 9.59 Å². The summed E-state index contributed by atoms with van der Waals surface area (Å²) in [5.74, 6) is -0.482. The molecule has 1 N–H and O–H groups in total. The molecule has 1 aliphatic rings. The van der Waals surface area contributed by atoms with Crippen molar-refractivity contribution >= 4 is 11.8 Å². The Bertz CT molecular complexity index is 1140. The lowest BCUT2D eigenvalue weighted by atomic mass is 9.91. The van der Waals surface area contributed by atoms with Gasteiger partial charge in [-0.3, -0.25) is 19.4 Å². The Hall–Kier alpha value is -3.74. The summed E-state index contributed by atoms with van der Waals surface area (Å²) < 4.78 is 0. The number of H-pyrrole nitrogens is 1. The van der Waals surface area contributed by atoms with Gasteiger partial charge in [0.25, 0.3) is 5.91 Å². The first-order valence-corrected chi connectivity index (χ1v) is 10.8. The molecule has 0 radical (unpaired) electrons. The first-order chi connectivity index (χ1) is 15.6. The van der Waals surface area contributed by atoms with Crippen LogP contribution in [0.4, 0.5) is 0 Å². The smallest absolute Gasteiger partial charge is 0.255 e. The summed E-state index contributed by atoms with van der Waals surface area (Å²) in [6.07, 6.45) is 5.51. The third kappa shape index (κ3) is 4.61. The molecule has 2 amide bonds. The Morgan fingerprint density at radius 2 is 1.94 bits per heavy atom. The fourth-order valence-electron chi connectivity index (χ4n) is 4.19. The predicted molar refractivity (Wildman–Crippen MR) is 122 cm³/mol. The molecule has 3 heterocycles. The largest absolute Gasteiger partial charge is 0.341 e. The van der Waals surface area contributed by atoms with Gasteiger partial charge in [-0.2, -0.15) is 0 Å². The second-order valence-corrected chi connectivity index (χ2v) is 7.91. The van der Waals surface area contributed by atoms with Crippen molar-refractivity contribution in [1.82, 2.24) is 19.8 Å². The molecule has 7 nitrogen and oxygen atoms in total. The van der Waals surface area contributed by atoms with E-state index >= 15 is 0 Å². The van der Waals surface area contributed by atoms with Crippen LogP contribution in [0.3, 0.4) is 0 Å². The summed E-state index contributed by atoms with van der Waals surface area (Å²) in [6, 6.07) is 14.8. The zero-order chi connectivity index (χ0) is 22.5. The zero-order valence-corrected chi connectivity index (χ0v) is 18.0. The summed E-state index contributed by atoms with van der Waals surface area (Å²) in [5, 5.41) is 0. The second-order valence-electron chi connectivity index (χ2n) is 7.91. The molecule has 7 heteroatoms. The van der Waals surface area contributed by atoms with Crippen LogP contribution in [-0.2, 0) is 11.2 Å². The van der Waals surface area contributed by atoms with Crippen LogP contribution in [-0.4, -0.2) is 57.8 Å². The minimum absolute atomic E-state index is 0.0604. The van der Waals surface area contributed by atoms with Gasteiger partial charge in [0.15, 0.2) is 0 Å². The van der Waals surface area contributed by atoms with E-state index < -0.39 is 0 Å². The fraction of sp³-hybridized carbons (Fsp3) is 0.280. The van der Waals surface area contributed by atoms with E-state index in [1.165, 1.54) is 18.3 Å². The van der Waals surface area contributed by atoms with Gasteiger partial charge in [-0.05, 0) is 36.6 Å². The van der Waals surface area contributed by atoms with E-state index in [1.54, 1.807) is 11.1 Å². The Morgan fingerprint density at radius 3 is 2.66 bits per heavy atom. The average molecular weight is 431 g/mol. The number of amides is 2. The molecule has 0 aliphatic carbocycles. The van der Waals surface area contributed by atoms with Crippen LogP contribution in [0.1, 0.15) is 22.8 Å². The molecule has 0 spiro atoms. The zero-order valence-electron chi connectivity index (χ0n) is 18.0. The molecule has 1 saturated heterocycles. The van der Waals surface area contributed by atoms with Gasteiger partial charge in [-0.25, -0.2) is 0 Å². The van der Waals surface area contributed by atoms with E-state index in [-0.39, 0.29) is 23.3 Å². The van der Waals surface area contributed by atoms with E-state index in [0.717, 1.165) is 16.7 Å². The first-order valence-electron chi connectivity index (χ1n) is 10.8.